The fourth-order valence-corrected chi connectivity index (χ4v) is 7.74. The van der Waals surface area contributed by atoms with E-state index in [1.165, 1.54) is 14.2 Å². The van der Waals surface area contributed by atoms with Crippen molar-refractivity contribution in [3.05, 3.63) is 95.6 Å². The third kappa shape index (κ3) is 16.8. The molecule has 0 N–H and O–H groups in total. The van der Waals surface area contributed by atoms with Crippen LogP contribution in [0.3, 0.4) is 0 Å². The molecule has 0 spiro atoms. The van der Waals surface area contributed by atoms with Crippen LogP contribution in [0.15, 0.2) is 83.9 Å². The first-order chi connectivity index (χ1) is 35.3. The first kappa shape index (κ1) is 57.4. The van der Waals surface area contributed by atoms with E-state index >= 15 is 0 Å². The van der Waals surface area contributed by atoms with E-state index in [0.717, 1.165) is 48.5 Å². The van der Waals surface area contributed by atoms with Gasteiger partial charge in [0.15, 0.2) is 49.1 Å². The van der Waals surface area contributed by atoms with Crippen molar-refractivity contribution in [1.82, 2.24) is 0 Å². The Labute approximate surface area is 425 Å². The summed E-state index contributed by atoms with van der Waals surface area (Å²) in [7, 11) is 3.01. The van der Waals surface area contributed by atoms with Gasteiger partial charge in [-0.15, -0.1) is 0 Å². The highest BCUT2D eigenvalue weighted by Gasteiger charge is 2.58. The lowest BCUT2D eigenvalue weighted by Crippen LogP contribution is -2.67. The first-order valence-electron chi connectivity index (χ1n) is 23.0. The lowest BCUT2D eigenvalue weighted by Gasteiger charge is -2.48. The number of esters is 8. The molecule has 23 heteroatoms. The fraction of sp³-hybridized carbons (Fsp3) is 0.471. The van der Waals surface area contributed by atoms with Crippen molar-refractivity contribution in [2.45, 2.75) is 123 Å². The zero-order valence-electron chi connectivity index (χ0n) is 42.1. The van der Waals surface area contributed by atoms with Crippen LogP contribution in [0.4, 0.5) is 0 Å². The Hall–Kier alpha value is -7.47. The van der Waals surface area contributed by atoms with Crippen molar-refractivity contribution in [1.29, 1.82) is 0 Å². The summed E-state index contributed by atoms with van der Waals surface area (Å²) >= 11 is 0. The van der Waals surface area contributed by atoms with Gasteiger partial charge in [0.2, 0.25) is 0 Å². The SMILES string of the molecule is COc1ccc(C(=N[C@H](COC2OC(COC(C)=O)C(OC3OC(COC(C)=O)C(OC(C)=O)C(OC(C)=O)C3OC(C)=O)C(OC(C)=O)C2OC(C)=O)C(=O)OCc2ccccc2)c2ccc(OC)cc2)cc1. The van der Waals surface area contributed by atoms with Gasteiger partial charge in [-0.2, -0.15) is 0 Å². The standard InChI is InChI=1S/C51H59NO22/c1-27(53)63-25-40-43(67-29(3)55)45(68-30(4)56)48(71-33(7)59)51(73-40)74-44-41(26-64-28(2)54)72-50(47(70-32(6)58)46(44)69-31(5)57)66-24-39(49(60)65-23-34-13-11-10-12-14-34)52-42(35-15-19-37(61-8)20-16-35)36-17-21-38(62-9)22-18-36/h10-22,39-41,43-48,50-51H,23-26H2,1-9H3/t39-,40?,41?,43?,44?,45?,46?,47?,48?,50?,51?/m1/s1. The van der Waals surface area contributed by atoms with Crippen LogP contribution in [-0.4, -0.2) is 155 Å². The van der Waals surface area contributed by atoms with Gasteiger partial charge in [-0.1, -0.05) is 30.3 Å². The van der Waals surface area contributed by atoms with Crippen molar-refractivity contribution in [3.63, 3.8) is 0 Å². The number of rotatable bonds is 22. The van der Waals surface area contributed by atoms with Gasteiger partial charge in [0.05, 0.1) is 26.5 Å². The second kappa shape index (κ2) is 27.5. The number of nitrogens with zero attached hydrogens (tertiary/aromatic N) is 1. The Bertz CT molecular complexity index is 2400. The molecule has 10 unspecified atom stereocenters. The van der Waals surface area contributed by atoms with Crippen molar-refractivity contribution in [2.75, 3.05) is 34.0 Å². The molecule has 0 amide bonds. The van der Waals surface area contributed by atoms with Crippen LogP contribution in [0.2, 0.25) is 0 Å². The van der Waals surface area contributed by atoms with Crippen molar-refractivity contribution in [3.8, 4) is 11.5 Å². The molecule has 0 aromatic heterocycles. The van der Waals surface area contributed by atoms with Crippen molar-refractivity contribution >= 4 is 53.5 Å². The predicted octanol–water partition coefficient (Wildman–Crippen LogP) is 3.29. The number of benzene rings is 3. The van der Waals surface area contributed by atoms with E-state index in [4.69, 9.17) is 71.3 Å². The first-order valence-corrected chi connectivity index (χ1v) is 23.0. The maximum absolute atomic E-state index is 14.3. The van der Waals surface area contributed by atoms with Crippen LogP contribution in [-0.2, 0) is 102 Å². The summed E-state index contributed by atoms with van der Waals surface area (Å²) in [5.74, 6) is -6.12. The minimum atomic E-state index is -1.91. The molecule has 0 bridgehead atoms. The normalized spacial score (nSPS) is 23.5. The minimum Gasteiger partial charge on any atom is -0.497 e. The van der Waals surface area contributed by atoms with Crippen LogP contribution in [0.1, 0.15) is 65.2 Å². The maximum atomic E-state index is 14.3. The van der Waals surface area contributed by atoms with E-state index in [0.29, 0.717) is 33.9 Å². The van der Waals surface area contributed by atoms with Gasteiger partial charge in [0.25, 0.3) is 0 Å². The number of hydrogen-bond donors (Lipinski definition) is 0. The molecule has 3 aromatic carbocycles. The molecule has 23 nitrogen and oxygen atoms in total. The molecule has 2 aliphatic rings. The number of methoxy groups -OCH3 is 2. The van der Waals surface area contributed by atoms with Crippen LogP contribution in [0, 0.1) is 0 Å². The molecule has 0 saturated carbocycles. The predicted molar refractivity (Wildman–Crippen MR) is 251 cm³/mol. The molecule has 400 valence electrons. The summed E-state index contributed by atoms with van der Waals surface area (Å²) in [5.41, 5.74) is 2.04. The lowest BCUT2D eigenvalue weighted by atomic mass is 9.96. The average Bonchev–Trinajstić information content (AvgIpc) is 3.35. The van der Waals surface area contributed by atoms with Gasteiger partial charge >= 0.3 is 47.8 Å². The molecule has 5 rings (SSSR count). The molecule has 2 aliphatic heterocycles. The Morgan fingerprint density at radius 1 is 0.486 bits per heavy atom. The minimum absolute atomic E-state index is 0.167. The molecule has 3 aromatic rings. The van der Waals surface area contributed by atoms with Gasteiger partial charge in [-0.25, -0.2) is 4.79 Å². The number of hydrogen-bond acceptors (Lipinski definition) is 23. The largest absolute Gasteiger partial charge is 0.497 e. The van der Waals surface area contributed by atoms with Gasteiger partial charge in [0, 0.05) is 59.6 Å². The van der Waals surface area contributed by atoms with Gasteiger partial charge in [-0.05, 0) is 54.1 Å². The third-order valence-electron chi connectivity index (χ3n) is 10.8. The summed E-state index contributed by atoms with van der Waals surface area (Å²) < 4.78 is 80.6. The molecule has 0 radical (unpaired) electrons. The smallest absolute Gasteiger partial charge is 0.333 e. The molecule has 2 saturated heterocycles. The number of carbonyl (C=O) groups is 8. The summed E-state index contributed by atoms with van der Waals surface area (Å²) in [6.45, 7) is 5.15. The van der Waals surface area contributed by atoms with Crippen molar-refractivity contribution in [2.24, 2.45) is 4.99 Å². The highest BCUT2D eigenvalue weighted by molar-refractivity contribution is 6.13. The summed E-state index contributed by atoms with van der Waals surface area (Å²) in [5, 5.41) is 0. The van der Waals surface area contributed by atoms with E-state index in [9.17, 15) is 38.4 Å². The Kier molecular flexibility index (Phi) is 21.4. The zero-order chi connectivity index (χ0) is 54.1. The summed E-state index contributed by atoms with van der Waals surface area (Å²) in [4.78, 5) is 107. The highest BCUT2D eigenvalue weighted by atomic mass is 16.8. The maximum Gasteiger partial charge on any atom is 0.333 e. The molecule has 2 heterocycles. The monoisotopic (exact) mass is 1040 g/mol. The fourth-order valence-electron chi connectivity index (χ4n) is 7.74. The average molecular weight is 1040 g/mol. The van der Waals surface area contributed by atoms with E-state index in [1.807, 2.05) is 0 Å². The molecule has 74 heavy (non-hydrogen) atoms. The lowest BCUT2D eigenvalue weighted by molar-refractivity contribution is -0.361. The number of aliphatic imine (C=N–C) groups is 1. The van der Waals surface area contributed by atoms with Gasteiger partial charge < -0.3 is 66.3 Å². The van der Waals surface area contributed by atoms with Crippen LogP contribution in [0.25, 0.3) is 0 Å². The number of ether oxygens (including phenoxy) is 14. The van der Waals surface area contributed by atoms with Crippen molar-refractivity contribution < 1.29 is 105 Å². The van der Waals surface area contributed by atoms with Gasteiger partial charge in [-0.3, -0.25) is 38.6 Å². The zero-order valence-corrected chi connectivity index (χ0v) is 42.1. The molecule has 2 fully saturated rings. The van der Waals surface area contributed by atoms with E-state index in [2.05, 4.69) is 0 Å². The second-order valence-electron chi connectivity index (χ2n) is 16.5. The number of carbonyl (C=O) groups excluding carboxylic acids is 8. The molecular weight excluding hydrogens is 979 g/mol. The molecule has 11 atom stereocenters. The van der Waals surface area contributed by atoms with E-state index < -0.39 is 135 Å². The Morgan fingerprint density at radius 2 is 0.905 bits per heavy atom. The van der Waals surface area contributed by atoms with Crippen LogP contribution < -0.4 is 9.47 Å². The topological polar surface area (TPSA) is 278 Å². The van der Waals surface area contributed by atoms with E-state index in [1.54, 1.807) is 78.9 Å². The van der Waals surface area contributed by atoms with E-state index in [-0.39, 0.29) is 6.61 Å². The third-order valence-corrected chi connectivity index (χ3v) is 10.8. The van der Waals surface area contributed by atoms with Gasteiger partial charge in [0.1, 0.15) is 49.6 Å². The highest BCUT2D eigenvalue weighted by Crippen LogP contribution is 2.36. The quantitative estimate of drug-likeness (QED) is 0.0793. The molecular formula is C51H59NO22. The van der Waals surface area contributed by atoms with Crippen LogP contribution in [0.5, 0.6) is 11.5 Å². The second-order valence-corrected chi connectivity index (χ2v) is 16.5. The Morgan fingerprint density at radius 3 is 1.36 bits per heavy atom. The summed E-state index contributed by atoms with van der Waals surface area (Å²) in [6.07, 6.45) is -17.2. The summed E-state index contributed by atoms with van der Waals surface area (Å²) in [6, 6.07) is 21.0. The molecule has 0 aliphatic carbocycles. The Balaban J connectivity index is 1.61. The van der Waals surface area contributed by atoms with Crippen LogP contribution >= 0.6 is 0 Å².